The van der Waals surface area contributed by atoms with Gasteiger partial charge in [0.25, 0.3) is 22.5 Å². The molecule has 0 aliphatic rings. The number of nitrogens with zero attached hydrogens (tertiary/aromatic N) is 3. The van der Waals surface area contributed by atoms with Crippen LogP contribution in [0.4, 0.5) is 11.4 Å². The number of para-hydroxylation sites is 2. The average molecular weight is 896 g/mol. The van der Waals surface area contributed by atoms with Gasteiger partial charge in [0, 0.05) is 33.7 Å². The van der Waals surface area contributed by atoms with Crippen molar-refractivity contribution in [3.8, 4) is 32.6 Å². The van der Waals surface area contributed by atoms with Gasteiger partial charge in [0.15, 0.2) is 9.93 Å². The summed E-state index contributed by atoms with van der Waals surface area (Å²) in [4.78, 5) is 66.8. The molecule has 0 radical (unpaired) electrons. The number of aromatic nitrogens is 4. The van der Waals surface area contributed by atoms with E-state index in [0.717, 1.165) is 21.5 Å². The molecule has 56 heavy (non-hydrogen) atoms. The summed E-state index contributed by atoms with van der Waals surface area (Å²) in [5.41, 5.74) is 1.09. The molecular formula is C39H39BrN6O6S4. The molecular weight excluding hydrogens is 857 g/mol. The SMILES string of the molecule is C.C.C.O=C(CBr)Cc1ccccc1O.[C-]#[N+]c1c(-c2cccs2)[nH]c(=S)[nH]c1=O.[C-]#[N+]c1c(-c2cccs2)nc(SCC(=O)Cc2ccccc2O)[nH]c1=O. The number of benzene rings is 2. The van der Waals surface area contributed by atoms with E-state index >= 15 is 0 Å². The molecule has 0 amide bonds. The second-order valence-corrected chi connectivity index (χ2v) is 14.3. The molecule has 5 N–H and O–H groups in total. The van der Waals surface area contributed by atoms with E-state index < -0.39 is 11.1 Å². The molecule has 292 valence electrons. The number of aromatic hydroxyl groups is 2. The molecule has 6 aromatic rings. The number of H-pyrrole nitrogens is 3. The van der Waals surface area contributed by atoms with Crippen LogP contribution in [0, 0.1) is 17.9 Å². The highest BCUT2D eigenvalue weighted by Gasteiger charge is 2.16. The molecule has 0 fully saturated rings. The quantitative estimate of drug-likeness (QED) is 0.0294. The first kappa shape index (κ1) is 48.6. The number of hydrogen-bond acceptors (Lipinski definition) is 11. The summed E-state index contributed by atoms with van der Waals surface area (Å²) < 4.78 is 0.232. The number of halogens is 1. The number of Topliss-reactive ketones (excluding diaryl/α,β-unsaturated/α-hetero) is 2. The van der Waals surface area contributed by atoms with Gasteiger partial charge in [-0.1, -0.05) is 98.5 Å². The molecule has 17 heteroatoms. The van der Waals surface area contributed by atoms with Gasteiger partial charge in [0.1, 0.15) is 23.1 Å². The van der Waals surface area contributed by atoms with E-state index in [0.29, 0.717) is 27.8 Å². The molecule has 2 aromatic carbocycles. The number of carbonyl (C=O) groups excluding carboxylic acids is 2. The maximum absolute atomic E-state index is 12.2. The lowest BCUT2D eigenvalue weighted by molar-refractivity contribution is -0.116. The first-order chi connectivity index (χ1) is 25.5. The lowest BCUT2D eigenvalue weighted by Gasteiger charge is -2.06. The number of phenols is 2. The molecule has 4 heterocycles. The summed E-state index contributed by atoms with van der Waals surface area (Å²) in [5.74, 6) is 0.326. The lowest BCUT2D eigenvalue weighted by atomic mass is 10.1. The smallest absolute Gasteiger partial charge is 0.276 e. The Labute approximate surface area is 350 Å². The summed E-state index contributed by atoms with van der Waals surface area (Å²) in [7, 11) is 0. The van der Waals surface area contributed by atoms with E-state index in [1.807, 2.05) is 29.0 Å². The van der Waals surface area contributed by atoms with Gasteiger partial charge in [0.05, 0.1) is 35.6 Å². The van der Waals surface area contributed by atoms with Crippen molar-refractivity contribution in [3.05, 3.63) is 143 Å². The fraction of sp³-hybridized carbons (Fsp3) is 0.179. The molecule has 12 nitrogen and oxygen atoms in total. The summed E-state index contributed by atoms with van der Waals surface area (Å²) in [6.07, 6.45) is 0.389. The minimum absolute atomic E-state index is 0. The third kappa shape index (κ3) is 13.7. The first-order valence-electron chi connectivity index (χ1n) is 15.1. The fourth-order valence-electron chi connectivity index (χ4n) is 4.38. The van der Waals surface area contributed by atoms with Crippen molar-refractivity contribution in [2.75, 3.05) is 11.1 Å². The van der Waals surface area contributed by atoms with Crippen molar-refractivity contribution in [1.82, 2.24) is 19.9 Å². The van der Waals surface area contributed by atoms with Gasteiger partial charge in [0.2, 0.25) is 0 Å². The Morgan fingerprint density at radius 1 is 0.750 bits per heavy atom. The average Bonchev–Trinajstić information content (AvgIpc) is 3.89. The zero-order valence-corrected chi connectivity index (χ0v) is 32.1. The lowest BCUT2D eigenvalue weighted by Crippen LogP contribution is -2.11. The standard InChI is InChI=1S/C18H13N3O3S2.C9H9BrO2.C9H5N3OS2.3CH4/c1-19-16-15(14-7-4-8-25-14)20-18(21-17(16)24)26-10-12(22)9-11-5-2-3-6-13(11)23;10-6-8(11)5-7-3-1-2-4-9(7)12;1-10-7-6(5-3-2-4-15-5)11-9(14)12-8(7)13;;;/h2-8,23H,9-10H2,(H,20,21,24);1-4,12H,5-6H2;2-4H,(H2,11,12,13,14);3*1H4. The number of hydrogen-bond donors (Lipinski definition) is 5. The second kappa shape index (κ2) is 24.2. The van der Waals surface area contributed by atoms with Gasteiger partial charge >= 0.3 is 0 Å². The van der Waals surface area contributed by atoms with Crippen molar-refractivity contribution >= 4 is 85.5 Å². The summed E-state index contributed by atoms with van der Waals surface area (Å²) in [6, 6.07) is 20.8. The molecule has 0 bridgehead atoms. The largest absolute Gasteiger partial charge is 0.508 e. The van der Waals surface area contributed by atoms with Crippen molar-refractivity contribution in [3.63, 3.8) is 0 Å². The number of aromatic amines is 3. The molecule has 0 unspecified atom stereocenters. The van der Waals surface area contributed by atoms with Gasteiger partial charge in [-0.05, 0) is 47.2 Å². The van der Waals surface area contributed by atoms with Gasteiger partial charge in [-0.2, -0.15) is 0 Å². The number of nitrogens with one attached hydrogen (secondary N) is 3. The van der Waals surface area contributed by atoms with Crippen LogP contribution in [0.5, 0.6) is 11.5 Å². The van der Waals surface area contributed by atoms with Gasteiger partial charge < -0.3 is 25.2 Å². The zero-order chi connectivity index (χ0) is 38.3. The molecule has 6 rings (SSSR count). The Morgan fingerprint density at radius 3 is 1.77 bits per heavy atom. The van der Waals surface area contributed by atoms with E-state index in [-0.39, 0.29) is 85.2 Å². The topological polar surface area (TPSA) is 178 Å². The molecule has 0 atom stereocenters. The van der Waals surface area contributed by atoms with Crippen LogP contribution < -0.4 is 11.1 Å². The number of thioether (sulfide) groups is 1. The predicted molar refractivity (Wildman–Crippen MR) is 235 cm³/mol. The van der Waals surface area contributed by atoms with Gasteiger partial charge in [-0.25, -0.2) is 14.7 Å². The van der Waals surface area contributed by atoms with Crippen LogP contribution in [0.3, 0.4) is 0 Å². The maximum Gasteiger partial charge on any atom is 0.276 e. The maximum atomic E-state index is 12.2. The zero-order valence-electron chi connectivity index (χ0n) is 27.3. The van der Waals surface area contributed by atoms with Gasteiger partial charge in [-0.15, -0.1) is 22.7 Å². The number of alkyl halides is 1. The van der Waals surface area contributed by atoms with Crippen LogP contribution in [-0.2, 0) is 22.4 Å². The third-order valence-electron chi connectivity index (χ3n) is 6.81. The Kier molecular flexibility index (Phi) is 21.0. The molecule has 4 aromatic heterocycles. The van der Waals surface area contributed by atoms with E-state index in [1.165, 1.54) is 28.7 Å². The minimum atomic E-state index is -0.519. The normalized spacial score (nSPS) is 9.55. The van der Waals surface area contributed by atoms with E-state index in [9.17, 15) is 29.4 Å². The van der Waals surface area contributed by atoms with Gasteiger partial charge in [-0.3, -0.25) is 19.2 Å². The van der Waals surface area contributed by atoms with Crippen LogP contribution in [0.2, 0.25) is 0 Å². The minimum Gasteiger partial charge on any atom is -0.508 e. The molecule has 0 saturated heterocycles. The monoisotopic (exact) mass is 894 g/mol. The summed E-state index contributed by atoms with van der Waals surface area (Å²) in [6.45, 7) is 14.2. The summed E-state index contributed by atoms with van der Waals surface area (Å²) >= 11 is 11.9. The van der Waals surface area contributed by atoms with Crippen LogP contribution in [0.25, 0.3) is 30.8 Å². The highest BCUT2D eigenvalue weighted by molar-refractivity contribution is 9.09. The van der Waals surface area contributed by atoms with E-state index in [4.69, 9.17) is 25.4 Å². The Morgan fingerprint density at radius 2 is 1.27 bits per heavy atom. The Bertz CT molecular complexity index is 2470. The van der Waals surface area contributed by atoms with Crippen molar-refractivity contribution in [2.24, 2.45) is 0 Å². The number of phenolic OH excluding ortho intramolecular Hbond substituents is 2. The molecule has 0 spiro atoms. The van der Waals surface area contributed by atoms with Crippen LogP contribution in [-0.4, -0.2) is 52.8 Å². The van der Waals surface area contributed by atoms with E-state index in [2.05, 4.69) is 45.6 Å². The Hall–Kier alpha value is -5.43. The number of rotatable bonds is 10. The number of ketones is 2. The predicted octanol–water partition coefficient (Wildman–Crippen LogP) is 10.2. The second-order valence-electron chi connectivity index (χ2n) is 10.5. The molecule has 0 aliphatic heterocycles. The fourth-order valence-corrected chi connectivity index (χ4v) is 6.94. The highest BCUT2D eigenvalue weighted by atomic mass is 79.9. The Balaban J connectivity index is 0.000000447. The van der Waals surface area contributed by atoms with Crippen molar-refractivity contribution in [1.29, 1.82) is 0 Å². The number of carbonyl (C=O) groups is 2. The first-order valence-corrected chi connectivity index (χ1v) is 19.4. The summed E-state index contributed by atoms with van der Waals surface area (Å²) in [5, 5.41) is 23.4. The van der Waals surface area contributed by atoms with Crippen LogP contribution in [0.1, 0.15) is 33.4 Å². The van der Waals surface area contributed by atoms with Crippen LogP contribution in [0.15, 0.2) is 98.3 Å². The van der Waals surface area contributed by atoms with E-state index in [1.54, 1.807) is 48.5 Å². The number of thiophene rings is 2. The molecule has 0 aliphatic carbocycles. The van der Waals surface area contributed by atoms with Crippen LogP contribution >= 0.6 is 62.6 Å². The third-order valence-corrected chi connectivity index (χ3v) is 10.3. The molecule has 0 saturated carbocycles. The highest BCUT2D eigenvalue weighted by Crippen LogP contribution is 2.31. The van der Waals surface area contributed by atoms with Crippen molar-refractivity contribution in [2.45, 2.75) is 40.3 Å². The van der Waals surface area contributed by atoms with Crippen molar-refractivity contribution < 1.29 is 19.8 Å².